The van der Waals surface area contributed by atoms with Gasteiger partial charge in [-0.05, 0) is 12.8 Å². The first-order chi connectivity index (χ1) is 14.7. The second-order valence-electron chi connectivity index (χ2n) is 6.73. The molecule has 0 rings (SSSR count). The Bertz CT molecular complexity index is 403. The maximum absolute atomic E-state index is 11.4. The molecule has 0 aromatic carbocycles. The van der Waals surface area contributed by atoms with Gasteiger partial charge in [-0.2, -0.15) is 0 Å². The molecule has 0 aromatic rings. The Balaban J connectivity index is 4.13. The van der Waals surface area contributed by atoms with Crippen LogP contribution in [0.25, 0.3) is 0 Å². The Hall–Kier alpha value is -1.14. The number of aldehydes is 1. The Morgan fingerprint density at radius 3 is 2.17 bits per heavy atom. The number of rotatable bonds is 23. The third-order valence-corrected chi connectivity index (χ3v) is 4.42. The molecule has 0 atom stereocenters. The zero-order valence-corrected chi connectivity index (χ0v) is 18.9. The number of nitrogens with one attached hydrogen (secondary N) is 1. The van der Waals surface area contributed by atoms with Crippen LogP contribution < -0.4 is 5.32 Å². The number of hydrogen-bond acceptors (Lipinski definition) is 10. The van der Waals surface area contributed by atoms with Gasteiger partial charge in [0.1, 0.15) is 13.1 Å². The molecule has 10 nitrogen and oxygen atoms in total. The standard InChI is InChI=1S/C20H41N3O7/c1-26-19-29-17-5-11-23(13-7-20(25)27-2)15-9-21-8-14-22(10-4-16-24)12-6-18-30-28-3/h16,21H,4-15,17-19H2,1-3H3. The van der Waals surface area contributed by atoms with Crippen LogP contribution >= 0.6 is 0 Å². The van der Waals surface area contributed by atoms with Gasteiger partial charge in [0.05, 0.1) is 33.9 Å². The van der Waals surface area contributed by atoms with Crippen molar-refractivity contribution in [2.75, 3.05) is 93.7 Å². The lowest BCUT2D eigenvalue weighted by Gasteiger charge is -2.24. The van der Waals surface area contributed by atoms with Gasteiger partial charge in [-0.15, -0.1) is 0 Å². The Labute approximate surface area is 181 Å². The number of esters is 1. The second-order valence-corrected chi connectivity index (χ2v) is 6.73. The fourth-order valence-electron chi connectivity index (χ4n) is 2.82. The van der Waals surface area contributed by atoms with E-state index in [0.29, 0.717) is 39.4 Å². The van der Waals surface area contributed by atoms with E-state index >= 15 is 0 Å². The van der Waals surface area contributed by atoms with E-state index in [0.717, 1.165) is 64.9 Å². The van der Waals surface area contributed by atoms with Crippen molar-refractivity contribution in [2.24, 2.45) is 0 Å². The molecule has 0 aliphatic rings. The minimum atomic E-state index is -0.202. The van der Waals surface area contributed by atoms with Crippen LogP contribution in [-0.2, 0) is 33.6 Å². The first-order valence-electron chi connectivity index (χ1n) is 10.6. The summed E-state index contributed by atoms with van der Waals surface area (Å²) in [4.78, 5) is 36.1. The van der Waals surface area contributed by atoms with Crippen LogP contribution in [0.15, 0.2) is 0 Å². The van der Waals surface area contributed by atoms with Crippen molar-refractivity contribution < 1.29 is 33.6 Å². The van der Waals surface area contributed by atoms with Crippen molar-refractivity contribution in [3.8, 4) is 0 Å². The van der Waals surface area contributed by atoms with Gasteiger partial charge < -0.3 is 34.1 Å². The Morgan fingerprint density at radius 1 is 0.900 bits per heavy atom. The van der Waals surface area contributed by atoms with Gasteiger partial charge in [-0.3, -0.25) is 4.79 Å². The summed E-state index contributed by atoms with van der Waals surface area (Å²) in [6, 6.07) is 0. The van der Waals surface area contributed by atoms with Crippen LogP contribution in [0.2, 0.25) is 0 Å². The SMILES string of the molecule is COCOCCCN(CCNCCN(CCC=O)CCCOOC)CCC(=O)OC. The molecule has 0 bridgehead atoms. The van der Waals surface area contributed by atoms with Gasteiger partial charge >= 0.3 is 5.97 Å². The number of ether oxygens (including phenoxy) is 3. The molecule has 0 aromatic heterocycles. The lowest BCUT2D eigenvalue weighted by molar-refractivity contribution is -0.272. The van der Waals surface area contributed by atoms with Crippen LogP contribution in [0.5, 0.6) is 0 Å². The van der Waals surface area contributed by atoms with Gasteiger partial charge in [-0.1, -0.05) is 0 Å². The Kier molecular flexibility index (Phi) is 21.7. The van der Waals surface area contributed by atoms with Gasteiger partial charge in [0.15, 0.2) is 0 Å². The molecule has 0 spiro atoms. The van der Waals surface area contributed by atoms with E-state index < -0.39 is 0 Å². The minimum Gasteiger partial charge on any atom is -0.469 e. The maximum atomic E-state index is 11.4. The zero-order chi connectivity index (χ0) is 22.3. The van der Waals surface area contributed by atoms with Crippen molar-refractivity contribution in [2.45, 2.75) is 25.7 Å². The van der Waals surface area contributed by atoms with E-state index in [1.165, 1.54) is 14.2 Å². The maximum Gasteiger partial charge on any atom is 0.306 e. The topological polar surface area (TPSA) is 98.8 Å². The summed E-state index contributed by atoms with van der Waals surface area (Å²) in [6.07, 6.45) is 3.56. The monoisotopic (exact) mass is 435 g/mol. The molecule has 0 saturated heterocycles. The average molecular weight is 436 g/mol. The number of hydrogen-bond donors (Lipinski definition) is 1. The normalized spacial score (nSPS) is 11.4. The minimum absolute atomic E-state index is 0.202. The molecule has 10 heteroatoms. The van der Waals surface area contributed by atoms with E-state index in [1.54, 1.807) is 7.11 Å². The predicted molar refractivity (Wildman–Crippen MR) is 113 cm³/mol. The number of carbonyl (C=O) groups excluding carboxylic acids is 2. The molecule has 178 valence electrons. The number of methoxy groups -OCH3 is 2. The molecule has 0 radical (unpaired) electrons. The van der Waals surface area contributed by atoms with Crippen molar-refractivity contribution in [1.29, 1.82) is 0 Å². The molecular weight excluding hydrogens is 394 g/mol. The molecule has 0 fully saturated rings. The highest BCUT2D eigenvalue weighted by atomic mass is 17.2. The van der Waals surface area contributed by atoms with Crippen LogP contribution in [0, 0.1) is 0 Å². The van der Waals surface area contributed by atoms with E-state index in [1.807, 2.05) is 0 Å². The van der Waals surface area contributed by atoms with Crippen molar-refractivity contribution in [1.82, 2.24) is 15.1 Å². The molecule has 0 heterocycles. The summed E-state index contributed by atoms with van der Waals surface area (Å²) in [5, 5.41) is 3.44. The molecule has 30 heavy (non-hydrogen) atoms. The first kappa shape index (κ1) is 28.9. The fourth-order valence-corrected chi connectivity index (χ4v) is 2.82. The molecule has 0 aliphatic heterocycles. The summed E-state index contributed by atoms with van der Waals surface area (Å²) < 4.78 is 14.9. The average Bonchev–Trinajstić information content (AvgIpc) is 2.76. The molecule has 0 saturated carbocycles. The quantitative estimate of drug-likeness (QED) is 0.0603. The molecule has 0 aliphatic carbocycles. The summed E-state index contributed by atoms with van der Waals surface area (Å²) >= 11 is 0. The van der Waals surface area contributed by atoms with Crippen LogP contribution in [0.4, 0.5) is 0 Å². The molecular formula is C20H41N3O7. The van der Waals surface area contributed by atoms with E-state index in [-0.39, 0.29) is 5.97 Å². The lowest BCUT2D eigenvalue weighted by atomic mass is 10.3. The third-order valence-electron chi connectivity index (χ3n) is 4.42. The predicted octanol–water partition coefficient (Wildman–Crippen LogP) is 0.311. The van der Waals surface area contributed by atoms with E-state index in [9.17, 15) is 9.59 Å². The fraction of sp³-hybridized carbons (Fsp3) is 0.900. The van der Waals surface area contributed by atoms with Gasteiger partial charge in [0.25, 0.3) is 0 Å². The first-order valence-corrected chi connectivity index (χ1v) is 10.6. The van der Waals surface area contributed by atoms with Gasteiger partial charge in [0.2, 0.25) is 0 Å². The lowest BCUT2D eigenvalue weighted by Crippen LogP contribution is -2.38. The van der Waals surface area contributed by atoms with Crippen molar-refractivity contribution in [3.05, 3.63) is 0 Å². The summed E-state index contributed by atoms with van der Waals surface area (Å²) in [5.74, 6) is -0.202. The summed E-state index contributed by atoms with van der Waals surface area (Å²) in [5.41, 5.74) is 0. The van der Waals surface area contributed by atoms with Crippen LogP contribution in [-0.4, -0.2) is 116 Å². The molecule has 0 amide bonds. The van der Waals surface area contributed by atoms with Crippen molar-refractivity contribution in [3.63, 3.8) is 0 Å². The summed E-state index contributed by atoms with van der Waals surface area (Å²) in [7, 11) is 4.50. The third kappa shape index (κ3) is 18.9. The highest BCUT2D eigenvalue weighted by Crippen LogP contribution is 1.97. The molecule has 0 unspecified atom stereocenters. The largest absolute Gasteiger partial charge is 0.469 e. The second kappa shape index (κ2) is 22.5. The van der Waals surface area contributed by atoms with E-state index in [4.69, 9.17) is 19.1 Å². The van der Waals surface area contributed by atoms with Crippen LogP contribution in [0.1, 0.15) is 25.7 Å². The number of nitrogens with zero attached hydrogens (tertiary/aromatic N) is 2. The number of carbonyl (C=O) groups is 2. The van der Waals surface area contributed by atoms with E-state index in [2.05, 4.69) is 20.0 Å². The summed E-state index contributed by atoms with van der Waals surface area (Å²) in [6.45, 7) is 7.86. The highest BCUT2D eigenvalue weighted by molar-refractivity contribution is 5.69. The molecule has 1 N–H and O–H groups in total. The highest BCUT2D eigenvalue weighted by Gasteiger charge is 2.09. The Morgan fingerprint density at radius 2 is 1.57 bits per heavy atom. The van der Waals surface area contributed by atoms with Crippen LogP contribution in [0.3, 0.4) is 0 Å². The van der Waals surface area contributed by atoms with Gasteiger partial charge in [0, 0.05) is 65.9 Å². The smallest absolute Gasteiger partial charge is 0.306 e. The van der Waals surface area contributed by atoms with Crippen molar-refractivity contribution >= 4 is 12.3 Å². The zero-order valence-electron chi connectivity index (χ0n) is 18.9. The van der Waals surface area contributed by atoms with Gasteiger partial charge in [-0.25, -0.2) is 9.78 Å².